The van der Waals surface area contributed by atoms with Gasteiger partial charge in [-0.3, -0.25) is 0 Å². The molecule has 2 rings (SSSR count). The number of benzene rings is 1. The SMILES string of the molecule is CCNC(c1ccccc1C(F)(F)F)C1CCCC1C. The molecule has 0 amide bonds. The lowest BCUT2D eigenvalue weighted by atomic mass is 9.84. The van der Waals surface area contributed by atoms with Crippen molar-refractivity contribution in [2.75, 3.05) is 6.54 Å². The van der Waals surface area contributed by atoms with E-state index in [0.717, 1.165) is 19.3 Å². The Hall–Kier alpha value is -1.03. The van der Waals surface area contributed by atoms with E-state index in [2.05, 4.69) is 12.2 Å². The first-order chi connectivity index (χ1) is 9.45. The van der Waals surface area contributed by atoms with Crippen LogP contribution in [0.5, 0.6) is 0 Å². The van der Waals surface area contributed by atoms with Gasteiger partial charge in [-0.05, 0) is 36.4 Å². The average molecular weight is 285 g/mol. The Balaban J connectivity index is 2.39. The third kappa shape index (κ3) is 3.17. The summed E-state index contributed by atoms with van der Waals surface area (Å²) in [6.07, 6.45) is -1.06. The van der Waals surface area contributed by atoms with Gasteiger partial charge < -0.3 is 5.32 Å². The Kier molecular flexibility index (Phi) is 4.74. The van der Waals surface area contributed by atoms with Crippen molar-refractivity contribution in [2.24, 2.45) is 11.8 Å². The third-order valence-corrected chi connectivity index (χ3v) is 4.38. The van der Waals surface area contributed by atoms with Gasteiger partial charge >= 0.3 is 6.18 Å². The van der Waals surface area contributed by atoms with Gasteiger partial charge in [-0.25, -0.2) is 0 Å². The zero-order chi connectivity index (χ0) is 14.8. The van der Waals surface area contributed by atoms with Crippen LogP contribution in [0.3, 0.4) is 0 Å². The molecular weight excluding hydrogens is 263 g/mol. The van der Waals surface area contributed by atoms with E-state index < -0.39 is 11.7 Å². The van der Waals surface area contributed by atoms with Gasteiger partial charge in [0.1, 0.15) is 0 Å². The minimum absolute atomic E-state index is 0.199. The molecule has 1 aromatic carbocycles. The molecule has 20 heavy (non-hydrogen) atoms. The summed E-state index contributed by atoms with van der Waals surface area (Å²) >= 11 is 0. The van der Waals surface area contributed by atoms with Gasteiger partial charge in [0.05, 0.1) is 5.56 Å². The monoisotopic (exact) mass is 285 g/mol. The van der Waals surface area contributed by atoms with Gasteiger partial charge in [0.2, 0.25) is 0 Å². The van der Waals surface area contributed by atoms with E-state index in [1.54, 1.807) is 12.1 Å². The number of hydrogen-bond donors (Lipinski definition) is 1. The highest BCUT2D eigenvalue weighted by Crippen LogP contribution is 2.43. The van der Waals surface area contributed by atoms with Gasteiger partial charge in [-0.1, -0.05) is 44.9 Å². The molecule has 3 unspecified atom stereocenters. The molecule has 1 nitrogen and oxygen atoms in total. The average Bonchev–Trinajstić information content (AvgIpc) is 2.81. The lowest BCUT2D eigenvalue weighted by Crippen LogP contribution is -2.31. The zero-order valence-corrected chi connectivity index (χ0v) is 12.0. The normalized spacial score (nSPS) is 24.9. The first kappa shape index (κ1) is 15.4. The fourth-order valence-electron chi connectivity index (χ4n) is 3.41. The lowest BCUT2D eigenvalue weighted by Gasteiger charge is -2.30. The molecule has 0 bridgehead atoms. The number of hydrogen-bond acceptors (Lipinski definition) is 1. The second kappa shape index (κ2) is 6.17. The van der Waals surface area contributed by atoms with Crippen LogP contribution in [0, 0.1) is 11.8 Å². The van der Waals surface area contributed by atoms with Crippen LogP contribution >= 0.6 is 0 Å². The molecule has 1 fully saturated rings. The summed E-state index contributed by atoms with van der Waals surface area (Å²) in [5.41, 5.74) is -0.0920. The largest absolute Gasteiger partial charge is 0.416 e. The van der Waals surface area contributed by atoms with E-state index >= 15 is 0 Å². The van der Waals surface area contributed by atoms with Gasteiger partial charge in [0, 0.05) is 6.04 Å². The Bertz CT molecular complexity index is 442. The standard InChI is InChI=1S/C16H22F3N/c1-3-20-15(12-9-6-7-11(12)2)13-8-4-5-10-14(13)16(17,18)19/h4-5,8,10-12,15,20H,3,6-7,9H2,1-2H3. The number of rotatable bonds is 4. The summed E-state index contributed by atoms with van der Waals surface area (Å²) < 4.78 is 39.6. The molecule has 4 heteroatoms. The predicted molar refractivity (Wildman–Crippen MR) is 74.4 cm³/mol. The van der Waals surface area contributed by atoms with Crippen molar-refractivity contribution < 1.29 is 13.2 Å². The summed E-state index contributed by atoms with van der Waals surface area (Å²) in [6, 6.07) is 5.79. The topological polar surface area (TPSA) is 12.0 Å². The molecule has 1 aliphatic rings. The first-order valence-corrected chi connectivity index (χ1v) is 7.34. The number of alkyl halides is 3. The van der Waals surface area contributed by atoms with Gasteiger partial charge in [-0.15, -0.1) is 0 Å². The number of halogens is 3. The van der Waals surface area contributed by atoms with E-state index in [9.17, 15) is 13.2 Å². The highest BCUT2D eigenvalue weighted by molar-refractivity contribution is 5.33. The van der Waals surface area contributed by atoms with Crippen LogP contribution in [-0.4, -0.2) is 6.54 Å². The lowest BCUT2D eigenvalue weighted by molar-refractivity contribution is -0.138. The van der Waals surface area contributed by atoms with Crippen molar-refractivity contribution in [3.63, 3.8) is 0 Å². The molecule has 0 saturated heterocycles. The van der Waals surface area contributed by atoms with E-state index in [0.29, 0.717) is 23.9 Å². The van der Waals surface area contributed by atoms with Crippen LogP contribution in [-0.2, 0) is 6.18 Å². The Morgan fingerprint density at radius 2 is 1.95 bits per heavy atom. The smallest absolute Gasteiger partial charge is 0.310 e. The summed E-state index contributed by atoms with van der Waals surface area (Å²) in [4.78, 5) is 0. The molecule has 1 N–H and O–H groups in total. The quantitative estimate of drug-likeness (QED) is 0.838. The maximum absolute atomic E-state index is 13.2. The van der Waals surface area contributed by atoms with Crippen LogP contribution in [0.1, 0.15) is 50.3 Å². The number of nitrogens with one attached hydrogen (secondary N) is 1. The molecule has 0 aliphatic heterocycles. The summed E-state index contributed by atoms with van der Waals surface area (Å²) in [5, 5.41) is 3.28. The molecular formula is C16H22F3N. The van der Waals surface area contributed by atoms with Crippen molar-refractivity contribution in [3.05, 3.63) is 35.4 Å². The molecule has 1 saturated carbocycles. The molecule has 1 aliphatic carbocycles. The maximum atomic E-state index is 13.2. The van der Waals surface area contributed by atoms with E-state index in [1.165, 1.54) is 12.1 Å². The van der Waals surface area contributed by atoms with E-state index in [-0.39, 0.29) is 6.04 Å². The minimum Gasteiger partial charge on any atom is -0.310 e. The second-order valence-corrected chi connectivity index (χ2v) is 5.69. The van der Waals surface area contributed by atoms with E-state index in [4.69, 9.17) is 0 Å². The van der Waals surface area contributed by atoms with Crippen molar-refractivity contribution in [1.82, 2.24) is 5.32 Å². The molecule has 0 heterocycles. The van der Waals surface area contributed by atoms with Gasteiger partial charge in [-0.2, -0.15) is 13.2 Å². The van der Waals surface area contributed by atoms with E-state index in [1.807, 2.05) is 6.92 Å². The van der Waals surface area contributed by atoms with Crippen molar-refractivity contribution in [3.8, 4) is 0 Å². The van der Waals surface area contributed by atoms with Crippen LogP contribution in [0.2, 0.25) is 0 Å². The van der Waals surface area contributed by atoms with Crippen molar-refractivity contribution in [2.45, 2.75) is 45.3 Å². The molecule has 0 radical (unpaired) electrons. The highest BCUT2D eigenvalue weighted by atomic mass is 19.4. The Morgan fingerprint density at radius 1 is 1.25 bits per heavy atom. The molecule has 0 spiro atoms. The second-order valence-electron chi connectivity index (χ2n) is 5.69. The summed E-state index contributed by atoms with van der Waals surface area (Å²) in [7, 11) is 0. The van der Waals surface area contributed by atoms with Crippen molar-refractivity contribution in [1.29, 1.82) is 0 Å². The zero-order valence-electron chi connectivity index (χ0n) is 12.0. The van der Waals surface area contributed by atoms with Crippen LogP contribution in [0.15, 0.2) is 24.3 Å². The Morgan fingerprint density at radius 3 is 2.50 bits per heavy atom. The fraction of sp³-hybridized carbons (Fsp3) is 0.625. The van der Waals surface area contributed by atoms with Gasteiger partial charge in [0.15, 0.2) is 0 Å². The predicted octanol–water partition coefficient (Wildman–Crippen LogP) is 4.79. The van der Waals surface area contributed by atoms with Gasteiger partial charge in [0.25, 0.3) is 0 Å². The highest BCUT2D eigenvalue weighted by Gasteiger charge is 2.38. The van der Waals surface area contributed by atoms with Crippen LogP contribution in [0.25, 0.3) is 0 Å². The van der Waals surface area contributed by atoms with Crippen LogP contribution < -0.4 is 5.32 Å². The molecule has 1 aromatic rings. The minimum atomic E-state index is -4.29. The molecule has 112 valence electrons. The molecule has 3 atom stereocenters. The summed E-state index contributed by atoms with van der Waals surface area (Å²) in [5.74, 6) is 0.763. The first-order valence-electron chi connectivity index (χ1n) is 7.34. The van der Waals surface area contributed by atoms with Crippen LogP contribution in [0.4, 0.5) is 13.2 Å². The van der Waals surface area contributed by atoms with Crippen molar-refractivity contribution >= 4 is 0 Å². The maximum Gasteiger partial charge on any atom is 0.416 e. The molecule has 0 aromatic heterocycles. The summed E-state index contributed by atoms with van der Waals surface area (Å²) in [6.45, 7) is 4.78. The third-order valence-electron chi connectivity index (χ3n) is 4.38. The Labute approximate surface area is 118 Å². The fourth-order valence-corrected chi connectivity index (χ4v) is 3.41.